The Morgan fingerprint density at radius 3 is 1.54 bits per heavy atom. The van der Waals surface area contributed by atoms with Gasteiger partial charge in [0, 0.05) is 0 Å². The second kappa shape index (κ2) is 10.1. The van der Waals surface area contributed by atoms with Gasteiger partial charge in [0.05, 0.1) is 0 Å². The molecule has 0 heterocycles. The smallest absolute Gasteiger partial charge is 0.0388 e. The molecule has 0 nitrogen and oxygen atoms in total. The van der Waals surface area contributed by atoms with Gasteiger partial charge in [-0.25, -0.2) is 0 Å². The third kappa shape index (κ3) is 6.12. The molecule has 0 saturated heterocycles. The Bertz CT molecular complexity index is 86.0. The number of rotatable bonds is 1. The highest BCUT2D eigenvalue weighted by Gasteiger charge is 2.26. The van der Waals surface area contributed by atoms with Crippen LogP contribution in [0.1, 0.15) is 67.7 Å². The van der Waals surface area contributed by atoms with E-state index in [-0.39, 0.29) is 0 Å². The van der Waals surface area contributed by atoms with Crippen molar-refractivity contribution in [1.29, 1.82) is 0 Å². The molecule has 82 valence electrons. The van der Waals surface area contributed by atoms with Gasteiger partial charge >= 0.3 is 0 Å². The van der Waals surface area contributed by atoms with Crippen LogP contribution in [0, 0.1) is 17.8 Å². The minimum Gasteiger partial charge on any atom is -0.0683 e. The summed E-state index contributed by atoms with van der Waals surface area (Å²) in [5.41, 5.74) is 0. The summed E-state index contributed by atoms with van der Waals surface area (Å²) in [5, 5.41) is 0. The zero-order valence-electron chi connectivity index (χ0n) is 10.9. The zero-order chi connectivity index (χ0) is 10.9. The van der Waals surface area contributed by atoms with Gasteiger partial charge < -0.3 is 0 Å². The molecule has 0 aromatic heterocycles. The van der Waals surface area contributed by atoms with Crippen molar-refractivity contribution in [3.05, 3.63) is 0 Å². The third-order valence-corrected chi connectivity index (χ3v) is 2.81. The van der Waals surface area contributed by atoms with E-state index >= 15 is 0 Å². The molecule has 13 heavy (non-hydrogen) atoms. The van der Waals surface area contributed by atoms with Gasteiger partial charge in [-0.05, 0) is 30.6 Å². The highest BCUT2D eigenvalue weighted by Crippen LogP contribution is 2.37. The lowest BCUT2D eigenvalue weighted by Crippen LogP contribution is -2.00. The summed E-state index contributed by atoms with van der Waals surface area (Å²) >= 11 is 0. The average molecular weight is 186 g/mol. The van der Waals surface area contributed by atoms with Gasteiger partial charge in [0.2, 0.25) is 0 Å². The Morgan fingerprint density at radius 2 is 1.38 bits per heavy atom. The molecule has 0 aliphatic heterocycles. The van der Waals surface area contributed by atoms with Crippen molar-refractivity contribution in [2.45, 2.75) is 67.7 Å². The van der Waals surface area contributed by atoms with Crippen molar-refractivity contribution >= 4 is 0 Å². The van der Waals surface area contributed by atoms with Gasteiger partial charge in [-0.3, -0.25) is 0 Å². The Morgan fingerprint density at radius 1 is 0.923 bits per heavy atom. The van der Waals surface area contributed by atoms with Crippen LogP contribution in [0.3, 0.4) is 0 Å². The molecule has 1 rings (SSSR count). The molecule has 0 bridgehead atoms. The second-order valence-electron chi connectivity index (χ2n) is 3.72. The predicted molar refractivity (Wildman–Crippen MR) is 64.0 cm³/mol. The number of hydrogen-bond donors (Lipinski definition) is 0. The largest absolute Gasteiger partial charge is 0.0683 e. The van der Waals surface area contributed by atoms with Crippen molar-refractivity contribution in [3.8, 4) is 0 Å². The first-order valence-electron chi connectivity index (χ1n) is 6.24. The van der Waals surface area contributed by atoms with Crippen LogP contribution in [0.4, 0.5) is 0 Å². The van der Waals surface area contributed by atoms with Crippen molar-refractivity contribution in [3.63, 3.8) is 0 Å². The lowest BCUT2D eigenvalue weighted by Gasteiger charge is -2.10. The summed E-state index contributed by atoms with van der Waals surface area (Å²) in [7, 11) is 0. The summed E-state index contributed by atoms with van der Waals surface area (Å²) in [6, 6.07) is 0. The normalized spacial score (nSPS) is 31.2. The lowest BCUT2D eigenvalue weighted by molar-refractivity contribution is 0.406. The molecular weight excluding hydrogens is 156 g/mol. The van der Waals surface area contributed by atoms with E-state index in [0.717, 1.165) is 17.8 Å². The molecule has 0 aromatic rings. The van der Waals surface area contributed by atoms with Gasteiger partial charge in [-0.1, -0.05) is 54.9 Å². The molecule has 0 aromatic carbocycles. The Kier molecular flexibility index (Phi) is 12.0. The zero-order valence-corrected chi connectivity index (χ0v) is 10.9. The van der Waals surface area contributed by atoms with Crippen LogP contribution in [-0.4, -0.2) is 0 Å². The van der Waals surface area contributed by atoms with E-state index in [2.05, 4.69) is 20.8 Å². The summed E-state index contributed by atoms with van der Waals surface area (Å²) in [4.78, 5) is 0. The molecule has 3 unspecified atom stereocenters. The first-order valence-corrected chi connectivity index (χ1v) is 6.24. The van der Waals surface area contributed by atoms with Crippen LogP contribution in [0.5, 0.6) is 0 Å². The molecular formula is C13H30. The van der Waals surface area contributed by atoms with E-state index in [1.54, 1.807) is 0 Å². The maximum Gasteiger partial charge on any atom is -0.0388 e. The molecule has 0 N–H and O–H groups in total. The molecule has 0 radical (unpaired) electrons. The highest BCUT2D eigenvalue weighted by atomic mass is 14.3. The second-order valence-corrected chi connectivity index (χ2v) is 3.72. The molecule has 0 amide bonds. The van der Waals surface area contributed by atoms with Crippen LogP contribution in [0.15, 0.2) is 0 Å². The van der Waals surface area contributed by atoms with E-state index in [4.69, 9.17) is 0 Å². The Balaban J connectivity index is 0. The molecule has 0 heteroatoms. The predicted octanol–water partition coefficient (Wildman–Crippen LogP) is 5.13. The topological polar surface area (TPSA) is 0 Å². The van der Waals surface area contributed by atoms with Crippen LogP contribution < -0.4 is 0 Å². The van der Waals surface area contributed by atoms with E-state index in [0.29, 0.717) is 0 Å². The standard InChI is InChI=1S/C9H18.2C2H6/c1-4-9-6-7(2)5-8(9)3;2*1-2/h7-9H,4-6H2,1-3H3;2*1-2H3. The van der Waals surface area contributed by atoms with Crippen molar-refractivity contribution in [2.75, 3.05) is 0 Å². The maximum absolute atomic E-state index is 2.40. The minimum absolute atomic E-state index is 1.00. The van der Waals surface area contributed by atoms with Crippen LogP contribution in [0.2, 0.25) is 0 Å². The van der Waals surface area contributed by atoms with Crippen molar-refractivity contribution < 1.29 is 0 Å². The maximum atomic E-state index is 2.40. The van der Waals surface area contributed by atoms with Gasteiger partial charge in [-0.15, -0.1) is 0 Å². The van der Waals surface area contributed by atoms with Gasteiger partial charge in [0.25, 0.3) is 0 Å². The Labute approximate surface area is 86.1 Å². The van der Waals surface area contributed by atoms with E-state index in [1.807, 2.05) is 27.7 Å². The fraction of sp³-hybridized carbons (Fsp3) is 1.00. The average Bonchev–Trinajstić information content (AvgIpc) is 2.51. The molecule has 1 fully saturated rings. The lowest BCUT2D eigenvalue weighted by atomic mass is 9.96. The molecule has 1 aliphatic carbocycles. The first-order chi connectivity index (χ1) is 6.24. The quantitative estimate of drug-likeness (QED) is 0.532. The summed E-state index contributed by atoms with van der Waals surface area (Å²) in [6.45, 7) is 15.1. The molecule has 0 spiro atoms. The van der Waals surface area contributed by atoms with Gasteiger partial charge in [0.1, 0.15) is 0 Å². The monoisotopic (exact) mass is 186 g/mol. The van der Waals surface area contributed by atoms with Crippen molar-refractivity contribution in [2.24, 2.45) is 17.8 Å². The van der Waals surface area contributed by atoms with Crippen LogP contribution >= 0.6 is 0 Å². The molecule has 1 saturated carbocycles. The van der Waals surface area contributed by atoms with E-state index < -0.39 is 0 Å². The summed E-state index contributed by atoms with van der Waals surface area (Å²) < 4.78 is 0. The third-order valence-electron chi connectivity index (χ3n) is 2.81. The van der Waals surface area contributed by atoms with E-state index in [9.17, 15) is 0 Å². The highest BCUT2D eigenvalue weighted by molar-refractivity contribution is 4.77. The molecule has 1 aliphatic rings. The fourth-order valence-electron chi connectivity index (χ4n) is 2.24. The van der Waals surface area contributed by atoms with Crippen molar-refractivity contribution in [1.82, 2.24) is 0 Å². The summed E-state index contributed by atoms with van der Waals surface area (Å²) in [6.07, 6.45) is 4.35. The molecule has 3 atom stereocenters. The Hall–Kier alpha value is 0. The van der Waals surface area contributed by atoms with Crippen LogP contribution in [0.25, 0.3) is 0 Å². The fourth-order valence-corrected chi connectivity index (χ4v) is 2.24. The SMILES string of the molecule is CC.CC.CCC1CC(C)CC1C. The first kappa shape index (κ1) is 15.5. The van der Waals surface area contributed by atoms with Gasteiger partial charge in [-0.2, -0.15) is 0 Å². The van der Waals surface area contributed by atoms with Crippen LogP contribution in [-0.2, 0) is 0 Å². The van der Waals surface area contributed by atoms with E-state index in [1.165, 1.54) is 19.3 Å². The minimum atomic E-state index is 1.00. The number of hydrogen-bond acceptors (Lipinski definition) is 0. The summed E-state index contributed by atoms with van der Waals surface area (Å²) in [5.74, 6) is 3.05. The van der Waals surface area contributed by atoms with Gasteiger partial charge in [0.15, 0.2) is 0 Å².